The molecule has 1 amide bonds. The normalized spacial score (nSPS) is 12.3. The number of amides is 1. The van der Waals surface area contributed by atoms with Gasteiger partial charge in [0.1, 0.15) is 17.2 Å². The molecular formula is C21H22BrNO4. The third-order valence-corrected chi connectivity index (χ3v) is 4.65. The molecule has 2 aromatic rings. The number of benzene rings is 2. The van der Waals surface area contributed by atoms with Gasteiger partial charge >= 0.3 is 5.97 Å². The van der Waals surface area contributed by atoms with Crippen LogP contribution in [-0.4, -0.2) is 17.0 Å². The minimum absolute atomic E-state index is 0.150. The number of hydrogen-bond donors (Lipinski definition) is 2. The lowest BCUT2D eigenvalue weighted by molar-refractivity contribution is -0.134. The van der Waals surface area contributed by atoms with Crippen molar-refractivity contribution >= 4 is 33.9 Å². The number of carboxylic acid groups (broad SMARTS) is 1. The van der Waals surface area contributed by atoms with E-state index in [9.17, 15) is 14.7 Å². The molecule has 0 aliphatic rings. The summed E-state index contributed by atoms with van der Waals surface area (Å²) in [6, 6.07) is 14.4. The number of carbonyl (C=O) groups excluding carboxylic acids is 1. The van der Waals surface area contributed by atoms with Gasteiger partial charge in [-0.25, -0.2) is 4.79 Å². The van der Waals surface area contributed by atoms with E-state index in [-0.39, 0.29) is 17.5 Å². The van der Waals surface area contributed by atoms with Gasteiger partial charge in [-0.15, -0.1) is 0 Å². The Morgan fingerprint density at radius 3 is 2.44 bits per heavy atom. The summed E-state index contributed by atoms with van der Waals surface area (Å²) in [5, 5.41) is 11.8. The second-order valence-electron chi connectivity index (χ2n) is 6.23. The van der Waals surface area contributed by atoms with Crippen LogP contribution in [0, 0.1) is 5.92 Å². The van der Waals surface area contributed by atoms with E-state index in [1.54, 1.807) is 24.3 Å². The number of carbonyl (C=O) groups is 2. The number of nitrogens with one attached hydrogen (secondary N) is 1. The summed E-state index contributed by atoms with van der Waals surface area (Å²) in [6.45, 7) is 3.94. The molecule has 0 saturated carbocycles. The molecule has 0 bridgehead atoms. The number of hydrogen-bond acceptors (Lipinski definition) is 3. The lowest BCUT2D eigenvalue weighted by Crippen LogP contribution is -2.28. The number of aliphatic carboxylic acids is 1. The van der Waals surface area contributed by atoms with Crippen LogP contribution < -0.4 is 10.1 Å². The number of halogens is 1. The molecular weight excluding hydrogens is 410 g/mol. The molecule has 0 aromatic heterocycles. The summed E-state index contributed by atoms with van der Waals surface area (Å²) in [6.07, 6.45) is 2.58. The highest BCUT2D eigenvalue weighted by molar-refractivity contribution is 9.10. The molecule has 0 fully saturated rings. The van der Waals surface area contributed by atoms with E-state index in [0.29, 0.717) is 23.5 Å². The van der Waals surface area contributed by atoms with E-state index in [1.807, 2.05) is 38.1 Å². The van der Waals surface area contributed by atoms with Crippen molar-refractivity contribution in [3.63, 3.8) is 0 Å². The van der Waals surface area contributed by atoms with Crippen molar-refractivity contribution in [2.75, 3.05) is 0 Å². The number of rotatable bonds is 8. The molecule has 0 radical (unpaired) electrons. The Hall–Kier alpha value is -2.60. The Morgan fingerprint density at radius 2 is 1.85 bits per heavy atom. The monoisotopic (exact) mass is 431 g/mol. The topological polar surface area (TPSA) is 75.6 Å². The van der Waals surface area contributed by atoms with Gasteiger partial charge in [0.05, 0.1) is 4.47 Å². The number of carboxylic acids is 1. The fourth-order valence-electron chi connectivity index (χ4n) is 2.27. The lowest BCUT2D eigenvalue weighted by Gasteiger charge is -2.10. The fraction of sp³-hybridized carbons (Fsp3) is 0.238. The Bertz CT molecular complexity index is 830. The molecule has 2 rings (SSSR count). The van der Waals surface area contributed by atoms with Crippen molar-refractivity contribution in [2.24, 2.45) is 5.92 Å². The van der Waals surface area contributed by atoms with Crippen LogP contribution in [0.2, 0.25) is 0 Å². The summed E-state index contributed by atoms with van der Waals surface area (Å²) >= 11 is 3.42. The van der Waals surface area contributed by atoms with E-state index in [2.05, 4.69) is 21.2 Å². The molecule has 0 aliphatic heterocycles. The third-order valence-electron chi connectivity index (χ3n) is 3.99. The standard InChI is InChI=1S/C21H22BrNO4/c1-3-14(2)12-20(24)23-18(21(25)26)13-15-8-10-16(11-9-15)27-19-7-5-4-6-17(19)22/h4-11,13-14H,3,12H2,1-2H3,(H,23,24)(H,25,26). The minimum Gasteiger partial charge on any atom is -0.477 e. The highest BCUT2D eigenvalue weighted by Gasteiger charge is 2.14. The van der Waals surface area contributed by atoms with Crippen molar-refractivity contribution in [3.05, 3.63) is 64.3 Å². The summed E-state index contributed by atoms with van der Waals surface area (Å²) < 4.78 is 6.62. The van der Waals surface area contributed by atoms with Gasteiger partial charge in [0.15, 0.2) is 0 Å². The first-order valence-electron chi connectivity index (χ1n) is 8.66. The second-order valence-corrected chi connectivity index (χ2v) is 7.08. The quantitative estimate of drug-likeness (QED) is 0.561. The first-order valence-corrected chi connectivity index (χ1v) is 9.45. The van der Waals surface area contributed by atoms with Gasteiger partial charge in [0.25, 0.3) is 0 Å². The van der Waals surface area contributed by atoms with Crippen molar-refractivity contribution in [1.82, 2.24) is 5.32 Å². The van der Waals surface area contributed by atoms with Gasteiger partial charge in [-0.05, 0) is 57.8 Å². The zero-order valence-electron chi connectivity index (χ0n) is 15.2. The Kier molecular flexibility index (Phi) is 7.61. The van der Waals surface area contributed by atoms with E-state index < -0.39 is 5.97 Å². The minimum atomic E-state index is -1.18. The lowest BCUT2D eigenvalue weighted by atomic mass is 10.0. The SMILES string of the molecule is CCC(C)CC(=O)NC(=Cc1ccc(Oc2ccccc2Br)cc1)C(=O)O. The van der Waals surface area contributed by atoms with Gasteiger partial charge in [0.2, 0.25) is 5.91 Å². The maximum Gasteiger partial charge on any atom is 0.352 e. The molecule has 0 saturated heterocycles. The molecule has 2 aromatic carbocycles. The van der Waals surface area contributed by atoms with Crippen LogP contribution in [0.4, 0.5) is 0 Å². The van der Waals surface area contributed by atoms with E-state index in [1.165, 1.54) is 6.08 Å². The zero-order chi connectivity index (χ0) is 19.8. The van der Waals surface area contributed by atoms with Gasteiger partial charge in [-0.1, -0.05) is 44.5 Å². The molecule has 1 unspecified atom stereocenters. The Morgan fingerprint density at radius 1 is 1.19 bits per heavy atom. The number of ether oxygens (including phenoxy) is 1. The fourth-order valence-corrected chi connectivity index (χ4v) is 2.63. The molecule has 0 heterocycles. The molecule has 142 valence electrons. The maximum absolute atomic E-state index is 12.0. The van der Waals surface area contributed by atoms with Crippen molar-refractivity contribution in [2.45, 2.75) is 26.7 Å². The smallest absolute Gasteiger partial charge is 0.352 e. The molecule has 6 heteroatoms. The van der Waals surface area contributed by atoms with Crippen molar-refractivity contribution in [1.29, 1.82) is 0 Å². The van der Waals surface area contributed by atoms with Crippen LogP contribution in [0.15, 0.2) is 58.7 Å². The summed E-state index contributed by atoms with van der Waals surface area (Å²) in [5.74, 6) is 0.0303. The van der Waals surface area contributed by atoms with E-state index in [4.69, 9.17) is 4.74 Å². The average Bonchev–Trinajstić information content (AvgIpc) is 2.64. The van der Waals surface area contributed by atoms with Gasteiger partial charge < -0.3 is 15.2 Å². The average molecular weight is 432 g/mol. The summed E-state index contributed by atoms with van der Waals surface area (Å²) in [7, 11) is 0. The van der Waals surface area contributed by atoms with Gasteiger partial charge in [-0.3, -0.25) is 4.79 Å². The molecule has 0 aliphatic carbocycles. The van der Waals surface area contributed by atoms with E-state index >= 15 is 0 Å². The predicted octanol–water partition coefficient (Wildman–Crippen LogP) is 5.22. The third kappa shape index (κ3) is 6.57. The highest BCUT2D eigenvalue weighted by atomic mass is 79.9. The molecule has 2 N–H and O–H groups in total. The molecule has 0 spiro atoms. The Balaban J connectivity index is 2.10. The van der Waals surface area contributed by atoms with Gasteiger partial charge in [0, 0.05) is 6.42 Å². The van der Waals surface area contributed by atoms with Crippen LogP contribution in [0.5, 0.6) is 11.5 Å². The summed E-state index contributed by atoms with van der Waals surface area (Å²) in [4.78, 5) is 23.4. The van der Waals surface area contributed by atoms with E-state index in [0.717, 1.165) is 10.9 Å². The van der Waals surface area contributed by atoms with Crippen molar-refractivity contribution in [3.8, 4) is 11.5 Å². The predicted molar refractivity (Wildman–Crippen MR) is 108 cm³/mol. The molecule has 1 atom stereocenters. The van der Waals surface area contributed by atoms with Crippen LogP contribution in [-0.2, 0) is 9.59 Å². The van der Waals surface area contributed by atoms with Crippen LogP contribution in [0.1, 0.15) is 32.3 Å². The zero-order valence-corrected chi connectivity index (χ0v) is 16.8. The Labute approximate surface area is 167 Å². The molecule has 27 heavy (non-hydrogen) atoms. The van der Waals surface area contributed by atoms with Crippen LogP contribution in [0.25, 0.3) is 6.08 Å². The van der Waals surface area contributed by atoms with Gasteiger partial charge in [-0.2, -0.15) is 0 Å². The number of para-hydroxylation sites is 1. The first kappa shape index (κ1) is 20.7. The van der Waals surface area contributed by atoms with Crippen LogP contribution >= 0.6 is 15.9 Å². The first-order chi connectivity index (χ1) is 12.9. The van der Waals surface area contributed by atoms with Crippen molar-refractivity contribution < 1.29 is 19.4 Å². The highest BCUT2D eigenvalue weighted by Crippen LogP contribution is 2.29. The van der Waals surface area contributed by atoms with Crippen LogP contribution in [0.3, 0.4) is 0 Å². The molecule has 5 nitrogen and oxygen atoms in total. The second kappa shape index (κ2) is 9.92. The maximum atomic E-state index is 12.0. The largest absolute Gasteiger partial charge is 0.477 e. The summed E-state index contributed by atoms with van der Waals surface area (Å²) in [5.41, 5.74) is 0.499.